The van der Waals surface area contributed by atoms with Gasteiger partial charge in [0.15, 0.2) is 0 Å². The number of nitrogens with zero attached hydrogens (tertiary/aromatic N) is 3. The summed E-state index contributed by atoms with van der Waals surface area (Å²) in [5.41, 5.74) is 5.55. The SMILES string of the molecule is CC.CCCC(=O)CC(C)c1ccccc1.Cc1nn2ccc(C#N)cc2c1C1CCC1. The van der Waals surface area contributed by atoms with Gasteiger partial charge in [-0.1, -0.05) is 64.4 Å². The van der Waals surface area contributed by atoms with Crippen LogP contribution in [0.5, 0.6) is 0 Å². The van der Waals surface area contributed by atoms with Crippen LogP contribution in [0.25, 0.3) is 5.52 Å². The first-order valence-corrected chi connectivity index (χ1v) is 12.0. The van der Waals surface area contributed by atoms with E-state index in [-0.39, 0.29) is 0 Å². The normalized spacial score (nSPS) is 13.6. The van der Waals surface area contributed by atoms with Crippen molar-refractivity contribution in [1.82, 2.24) is 9.61 Å². The summed E-state index contributed by atoms with van der Waals surface area (Å²) in [5, 5.41) is 13.4. The maximum absolute atomic E-state index is 11.4. The zero-order valence-corrected chi connectivity index (χ0v) is 20.3. The van der Waals surface area contributed by atoms with Crippen molar-refractivity contribution in [2.45, 2.75) is 85.0 Å². The lowest BCUT2D eigenvalue weighted by atomic mass is 9.79. The molecule has 1 atom stereocenters. The molecule has 1 aromatic carbocycles. The van der Waals surface area contributed by atoms with Gasteiger partial charge < -0.3 is 0 Å². The van der Waals surface area contributed by atoms with E-state index in [2.05, 4.69) is 37.1 Å². The molecule has 4 nitrogen and oxygen atoms in total. The van der Waals surface area contributed by atoms with Crippen LogP contribution < -0.4 is 0 Å². The van der Waals surface area contributed by atoms with E-state index in [0.717, 1.165) is 24.1 Å². The number of rotatable bonds is 6. The molecule has 0 bridgehead atoms. The smallest absolute Gasteiger partial charge is 0.133 e. The monoisotopic (exact) mass is 431 g/mol. The van der Waals surface area contributed by atoms with Gasteiger partial charge in [-0.3, -0.25) is 4.79 Å². The van der Waals surface area contributed by atoms with Crippen LogP contribution in [0.3, 0.4) is 0 Å². The van der Waals surface area contributed by atoms with Gasteiger partial charge in [-0.05, 0) is 55.7 Å². The van der Waals surface area contributed by atoms with Crippen LogP contribution >= 0.6 is 0 Å². The maximum Gasteiger partial charge on any atom is 0.133 e. The number of nitriles is 1. The van der Waals surface area contributed by atoms with Gasteiger partial charge in [0, 0.05) is 24.6 Å². The van der Waals surface area contributed by atoms with Crippen molar-refractivity contribution in [3.05, 3.63) is 71.0 Å². The summed E-state index contributed by atoms with van der Waals surface area (Å²) in [5.74, 6) is 1.39. The third-order valence-corrected chi connectivity index (χ3v) is 5.93. The molecule has 1 aliphatic rings. The molecule has 4 heteroatoms. The van der Waals surface area contributed by atoms with Gasteiger partial charge in [-0.15, -0.1) is 0 Å². The zero-order valence-electron chi connectivity index (χ0n) is 20.3. The Labute approximate surface area is 193 Å². The predicted octanol–water partition coefficient (Wildman–Crippen LogP) is 7.36. The van der Waals surface area contributed by atoms with Gasteiger partial charge in [-0.2, -0.15) is 10.4 Å². The minimum Gasteiger partial charge on any atom is -0.300 e. The Bertz CT molecular complexity index is 1030. The number of carbonyl (C=O) groups excluding carboxylic acids is 1. The zero-order chi connectivity index (χ0) is 23.5. The van der Waals surface area contributed by atoms with Crippen LogP contribution in [0.4, 0.5) is 0 Å². The fraction of sp³-hybridized carbons (Fsp3) is 0.464. The molecule has 32 heavy (non-hydrogen) atoms. The number of pyridine rings is 1. The van der Waals surface area contributed by atoms with Gasteiger partial charge >= 0.3 is 0 Å². The first-order chi connectivity index (χ1) is 15.5. The van der Waals surface area contributed by atoms with Crippen molar-refractivity contribution in [2.75, 3.05) is 0 Å². The van der Waals surface area contributed by atoms with E-state index < -0.39 is 0 Å². The largest absolute Gasteiger partial charge is 0.300 e. The quantitative estimate of drug-likeness (QED) is 0.410. The minimum atomic E-state index is 0.357. The standard InChI is InChI=1S/C13H13N3.C13H18O.C2H6/c1-9-13(11-3-2-4-11)12-7-10(8-14)5-6-16(12)15-9;1-3-7-13(14)10-11(2)12-8-5-4-6-9-12;1-2/h5-7,11H,2-4H2,1H3;4-6,8-9,11H,3,7,10H2,1-2H3;1-2H3. The topological polar surface area (TPSA) is 58.2 Å². The molecule has 0 N–H and O–H groups in total. The van der Waals surface area contributed by atoms with Crippen LogP contribution in [0, 0.1) is 18.3 Å². The molecular formula is C28H37N3O. The average molecular weight is 432 g/mol. The van der Waals surface area contributed by atoms with E-state index in [1.54, 1.807) is 0 Å². The third-order valence-electron chi connectivity index (χ3n) is 5.93. The van der Waals surface area contributed by atoms with E-state index in [4.69, 9.17) is 5.26 Å². The summed E-state index contributed by atoms with van der Waals surface area (Å²) >= 11 is 0. The second kappa shape index (κ2) is 12.8. The highest BCUT2D eigenvalue weighted by atomic mass is 16.1. The second-order valence-corrected chi connectivity index (χ2v) is 8.29. The Morgan fingerprint density at radius 1 is 1.22 bits per heavy atom. The van der Waals surface area contributed by atoms with Gasteiger partial charge in [0.1, 0.15) is 5.78 Å². The van der Waals surface area contributed by atoms with E-state index in [1.165, 1.54) is 30.4 Å². The summed E-state index contributed by atoms with van der Waals surface area (Å²) in [6.45, 7) is 10.2. The number of hydrogen-bond acceptors (Lipinski definition) is 3. The molecular weight excluding hydrogens is 394 g/mol. The number of hydrogen-bond donors (Lipinski definition) is 0. The fourth-order valence-electron chi connectivity index (χ4n) is 4.07. The van der Waals surface area contributed by atoms with Crippen molar-refractivity contribution < 1.29 is 4.79 Å². The molecule has 2 aromatic heterocycles. The number of aromatic nitrogens is 2. The van der Waals surface area contributed by atoms with Crippen LogP contribution in [0.1, 0.15) is 100 Å². The number of carbonyl (C=O) groups is 1. The van der Waals surface area contributed by atoms with Crippen LogP contribution in [-0.4, -0.2) is 15.4 Å². The number of benzene rings is 1. The molecule has 3 aromatic rings. The van der Waals surface area contributed by atoms with Gasteiger partial charge in [0.25, 0.3) is 0 Å². The molecule has 2 heterocycles. The molecule has 0 amide bonds. The molecule has 0 spiro atoms. The molecule has 4 rings (SSSR count). The molecule has 1 saturated carbocycles. The van der Waals surface area contributed by atoms with E-state index >= 15 is 0 Å². The summed E-state index contributed by atoms with van der Waals surface area (Å²) in [6, 6.07) is 16.2. The third kappa shape index (κ3) is 6.53. The number of Topliss-reactive ketones (excluding diaryl/α,β-unsaturated/α-hetero) is 1. The molecule has 1 fully saturated rings. The molecule has 1 aliphatic carbocycles. The number of aryl methyl sites for hydroxylation is 1. The number of fused-ring (bicyclic) bond motifs is 1. The summed E-state index contributed by atoms with van der Waals surface area (Å²) in [6.07, 6.45) is 8.08. The first-order valence-electron chi connectivity index (χ1n) is 12.0. The lowest BCUT2D eigenvalue weighted by molar-refractivity contribution is -0.119. The Morgan fingerprint density at radius 2 is 1.91 bits per heavy atom. The van der Waals surface area contributed by atoms with E-state index in [9.17, 15) is 4.79 Å². The maximum atomic E-state index is 11.4. The number of ketones is 1. The van der Waals surface area contributed by atoms with Gasteiger partial charge in [-0.25, -0.2) is 4.52 Å². The second-order valence-electron chi connectivity index (χ2n) is 8.29. The van der Waals surface area contributed by atoms with Gasteiger partial charge in [0.05, 0.1) is 22.8 Å². The Hall–Kier alpha value is -2.93. The van der Waals surface area contributed by atoms with Gasteiger partial charge in [0.2, 0.25) is 0 Å². The van der Waals surface area contributed by atoms with Crippen molar-refractivity contribution in [3.63, 3.8) is 0 Å². The molecule has 0 aliphatic heterocycles. The lowest BCUT2D eigenvalue weighted by Crippen LogP contribution is -2.09. The molecule has 170 valence electrons. The molecule has 0 saturated heterocycles. The highest BCUT2D eigenvalue weighted by Gasteiger charge is 2.25. The van der Waals surface area contributed by atoms with Crippen molar-refractivity contribution in [2.24, 2.45) is 0 Å². The van der Waals surface area contributed by atoms with Crippen molar-refractivity contribution in [1.29, 1.82) is 5.26 Å². The van der Waals surface area contributed by atoms with Crippen LogP contribution in [0.15, 0.2) is 48.7 Å². The molecule has 1 unspecified atom stereocenters. The van der Waals surface area contributed by atoms with E-state index in [0.29, 0.717) is 29.6 Å². The molecule has 0 radical (unpaired) electrons. The fourth-order valence-corrected chi connectivity index (χ4v) is 4.07. The Kier molecular flexibility index (Phi) is 10.1. The highest BCUT2D eigenvalue weighted by molar-refractivity contribution is 5.79. The van der Waals surface area contributed by atoms with Crippen molar-refractivity contribution >= 4 is 11.3 Å². The average Bonchev–Trinajstić information content (AvgIpc) is 3.10. The van der Waals surface area contributed by atoms with Crippen molar-refractivity contribution in [3.8, 4) is 6.07 Å². The summed E-state index contributed by atoms with van der Waals surface area (Å²) in [4.78, 5) is 11.4. The Morgan fingerprint density at radius 3 is 2.47 bits per heavy atom. The minimum absolute atomic E-state index is 0.357. The predicted molar refractivity (Wildman–Crippen MR) is 132 cm³/mol. The first kappa shape index (κ1) is 25.3. The Balaban J connectivity index is 0.000000213. The van der Waals surface area contributed by atoms with Crippen LogP contribution in [0.2, 0.25) is 0 Å². The summed E-state index contributed by atoms with van der Waals surface area (Å²) < 4.78 is 1.89. The van der Waals surface area contributed by atoms with Crippen LogP contribution in [-0.2, 0) is 4.79 Å². The highest BCUT2D eigenvalue weighted by Crippen LogP contribution is 2.40. The lowest BCUT2D eigenvalue weighted by Gasteiger charge is -2.25. The summed E-state index contributed by atoms with van der Waals surface area (Å²) in [7, 11) is 0. The van der Waals surface area contributed by atoms with E-state index in [1.807, 2.05) is 61.8 Å².